The Bertz CT molecular complexity index is 716. The van der Waals surface area contributed by atoms with E-state index in [1.807, 2.05) is 18.3 Å². The summed E-state index contributed by atoms with van der Waals surface area (Å²) in [6.45, 7) is 5.63. The van der Waals surface area contributed by atoms with Crippen LogP contribution in [0.1, 0.15) is 32.7 Å². The number of nitrogens with one attached hydrogen (secondary N) is 2. The molecule has 1 aromatic carbocycles. The van der Waals surface area contributed by atoms with Gasteiger partial charge in [-0.1, -0.05) is 12.1 Å². The Morgan fingerprint density at radius 2 is 2.00 bits per heavy atom. The predicted octanol–water partition coefficient (Wildman–Crippen LogP) is 3.15. The summed E-state index contributed by atoms with van der Waals surface area (Å²) in [5, 5.41) is 7.65. The first kappa shape index (κ1) is 22.4. The average molecular weight is 488 g/mol. The molecule has 6 nitrogen and oxygen atoms in total. The Kier molecular flexibility index (Phi) is 10.2. The Hall–Kier alpha value is -1.68. The molecule has 1 heterocycles. The van der Waals surface area contributed by atoms with E-state index in [1.54, 1.807) is 37.4 Å². The second kappa shape index (κ2) is 11.8. The van der Waals surface area contributed by atoms with E-state index in [-0.39, 0.29) is 29.9 Å². The fourth-order valence-electron chi connectivity index (χ4n) is 2.18. The van der Waals surface area contributed by atoms with Crippen LogP contribution in [0.3, 0.4) is 0 Å². The van der Waals surface area contributed by atoms with E-state index in [1.165, 1.54) is 4.88 Å². The maximum atomic E-state index is 11.6. The lowest BCUT2D eigenvalue weighted by Gasteiger charge is -2.11. The molecule has 26 heavy (non-hydrogen) atoms. The number of halogens is 1. The summed E-state index contributed by atoms with van der Waals surface area (Å²) in [4.78, 5) is 21.4. The fraction of sp³-hybridized carbons (Fsp3) is 0.389. The van der Waals surface area contributed by atoms with Crippen LogP contribution in [0.4, 0.5) is 0 Å². The van der Waals surface area contributed by atoms with Crippen molar-refractivity contribution in [3.05, 3.63) is 51.5 Å². The number of carbonyl (C=O) groups is 1. The highest BCUT2D eigenvalue weighted by Crippen LogP contribution is 2.11. The minimum Gasteiger partial charge on any atom is -0.462 e. The zero-order valence-electron chi connectivity index (χ0n) is 15.2. The van der Waals surface area contributed by atoms with E-state index in [9.17, 15) is 4.79 Å². The van der Waals surface area contributed by atoms with Gasteiger partial charge in [0.15, 0.2) is 5.96 Å². The van der Waals surface area contributed by atoms with Crippen molar-refractivity contribution in [2.24, 2.45) is 4.99 Å². The Morgan fingerprint density at radius 3 is 2.58 bits per heavy atom. The minimum atomic E-state index is -0.295. The summed E-state index contributed by atoms with van der Waals surface area (Å²) >= 11 is 1.72. The van der Waals surface area contributed by atoms with Gasteiger partial charge in [0.2, 0.25) is 0 Å². The Labute approximate surface area is 175 Å². The molecule has 0 amide bonds. The third kappa shape index (κ3) is 7.28. The number of guanidine groups is 1. The molecule has 0 aliphatic carbocycles. The molecular weight excluding hydrogens is 463 g/mol. The van der Waals surface area contributed by atoms with E-state index in [0.29, 0.717) is 18.7 Å². The first-order chi connectivity index (χ1) is 12.1. The third-order valence-corrected chi connectivity index (χ3v) is 4.42. The van der Waals surface area contributed by atoms with Gasteiger partial charge in [0.1, 0.15) is 0 Å². The van der Waals surface area contributed by atoms with Gasteiger partial charge in [-0.2, -0.15) is 0 Å². The van der Waals surface area contributed by atoms with Crippen molar-refractivity contribution in [2.45, 2.75) is 26.8 Å². The van der Waals surface area contributed by atoms with Crippen LogP contribution in [0.25, 0.3) is 0 Å². The number of hydrogen-bond acceptors (Lipinski definition) is 5. The fourth-order valence-corrected chi connectivity index (χ4v) is 2.97. The molecule has 0 saturated heterocycles. The monoisotopic (exact) mass is 488 g/mol. The molecule has 0 aliphatic rings. The Morgan fingerprint density at radius 1 is 1.27 bits per heavy atom. The molecule has 0 atom stereocenters. The van der Waals surface area contributed by atoms with Gasteiger partial charge < -0.3 is 15.4 Å². The van der Waals surface area contributed by atoms with Crippen molar-refractivity contribution >= 4 is 47.2 Å². The third-order valence-electron chi connectivity index (χ3n) is 3.45. The SMILES string of the molecule is CCOC(=O)c1ccc(CNC(=NC)NCCc2ncc(C)s2)cc1.I. The highest BCUT2D eigenvalue weighted by molar-refractivity contribution is 14.0. The molecule has 2 aromatic rings. The van der Waals surface area contributed by atoms with Gasteiger partial charge in [-0.25, -0.2) is 9.78 Å². The van der Waals surface area contributed by atoms with Crippen LogP contribution in [0.5, 0.6) is 0 Å². The van der Waals surface area contributed by atoms with Crippen molar-refractivity contribution in [1.29, 1.82) is 0 Å². The summed E-state index contributed by atoms with van der Waals surface area (Å²) in [7, 11) is 1.74. The van der Waals surface area contributed by atoms with Crippen LogP contribution < -0.4 is 10.6 Å². The minimum absolute atomic E-state index is 0. The van der Waals surface area contributed by atoms with Gasteiger partial charge in [-0.3, -0.25) is 4.99 Å². The van der Waals surface area contributed by atoms with E-state index < -0.39 is 0 Å². The van der Waals surface area contributed by atoms with Gasteiger partial charge in [0.25, 0.3) is 0 Å². The van der Waals surface area contributed by atoms with Crippen molar-refractivity contribution < 1.29 is 9.53 Å². The van der Waals surface area contributed by atoms with E-state index >= 15 is 0 Å². The molecule has 0 unspecified atom stereocenters. The number of hydrogen-bond donors (Lipinski definition) is 2. The summed E-state index contributed by atoms with van der Waals surface area (Å²) in [6.07, 6.45) is 2.76. The number of aryl methyl sites for hydroxylation is 1. The lowest BCUT2D eigenvalue weighted by Crippen LogP contribution is -2.37. The molecule has 0 radical (unpaired) electrons. The highest BCUT2D eigenvalue weighted by atomic mass is 127. The number of carbonyl (C=O) groups excluding carboxylic acids is 1. The average Bonchev–Trinajstić information content (AvgIpc) is 3.04. The lowest BCUT2D eigenvalue weighted by molar-refractivity contribution is 0.0526. The van der Waals surface area contributed by atoms with Crippen LogP contribution in [-0.2, 0) is 17.7 Å². The number of rotatable bonds is 7. The first-order valence-electron chi connectivity index (χ1n) is 8.24. The van der Waals surface area contributed by atoms with Gasteiger partial charge >= 0.3 is 5.97 Å². The highest BCUT2D eigenvalue weighted by Gasteiger charge is 2.06. The van der Waals surface area contributed by atoms with Crippen LogP contribution in [0.2, 0.25) is 0 Å². The molecule has 0 saturated carbocycles. The summed E-state index contributed by atoms with van der Waals surface area (Å²) < 4.78 is 4.98. The van der Waals surface area contributed by atoms with Crippen LogP contribution in [0.15, 0.2) is 35.5 Å². The zero-order chi connectivity index (χ0) is 18.1. The van der Waals surface area contributed by atoms with Gasteiger partial charge in [-0.15, -0.1) is 35.3 Å². The Balaban J connectivity index is 0.00000338. The van der Waals surface area contributed by atoms with Crippen molar-refractivity contribution in [3.63, 3.8) is 0 Å². The van der Waals surface area contributed by atoms with Crippen LogP contribution in [-0.4, -0.2) is 37.1 Å². The number of aliphatic imine (C=N–C) groups is 1. The molecule has 2 N–H and O–H groups in total. The summed E-state index contributed by atoms with van der Waals surface area (Å²) in [5.41, 5.74) is 1.62. The zero-order valence-corrected chi connectivity index (χ0v) is 18.4. The van der Waals surface area contributed by atoms with E-state index in [0.717, 1.165) is 29.5 Å². The quantitative estimate of drug-likeness (QED) is 0.271. The second-order valence-corrected chi connectivity index (χ2v) is 6.70. The molecular formula is C18H25IN4O2S. The van der Waals surface area contributed by atoms with Crippen molar-refractivity contribution in [1.82, 2.24) is 15.6 Å². The summed E-state index contributed by atoms with van der Waals surface area (Å²) in [6, 6.07) is 7.36. The molecule has 0 bridgehead atoms. The number of esters is 1. The molecule has 0 fully saturated rings. The topological polar surface area (TPSA) is 75.6 Å². The van der Waals surface area contributed by atoms with Crippen molar-refractivity contribution in [2.75, 3.05) is 20.2 Å². The number of benzene rings is 1. The van der Waals surface area contributed by atoms with Crippen LogP contribution in [0, 0.1) is 6.92 Å². The number of nitrogens with zero attached hydrogens (tertiary/aromatic N) is 2. The van der Waals surface area contributed by atoms with E-state index in [4.69, 9.17) is 4.74 Å². The number of ether oxygens (including phenoxy) is 1. The molecule has 0 spiro atoms. The number of aromatic nitrogens is 1. The molecule has 8 heteroatoms. The number of thiazole rings is 1. The molecule has 1 aromatic heterocycles. The van der Waals surface area contributed by atoms with Gasteiger partial charge in [0, 0.05) is 37.6 Å². The largest absolute Gasteiger partial charge is 0.462 e. The van der Waals surface area contributed by atoms with Gasteiger partial charge in [0.05, 0.1) is 17.2 Å². The first-order valence-corrected chi connectivity index (χ1v) is 9.06. The maximum Gasteiger partial charge on any atom is 0.338 e. The summed E-state index contributed by atoms with van der Waals surface area (Å²) in [5.74, 6) is 0.444. The normalized spacial score (nSPS) is 10.8. The molecule has 2 rings (SSSR count). The standard InChI is InChI=1S/C18H24N4O2S.HI/c1-4-24-17(23)15-7-5-14(6-8-15)12-22-18(19-3)20-10-9-16-21-11-13(2)25-16;/h5-8,11H,4,9-10,12H2,1-3H3,(H2,19,20,22);1H. The second-order valence-electron chi connectivity index (χ2n) is 5.38. The van der Waals surface area contributed by atoms with Crippen molar-refractivity contribution in [3.8, 4) is 0 Å². The smallest absolute Gasteiger partial charge is 0.338 e. The van der Waals surface area contributed by atoms with Crippen LogP contribution >= 0.6 is 35.3 Å². The maximum absolute atomic E-state index is 11.6. The van der Waals surface area contributed by atoms with Gasteiger partial charge in [-0.05, 0) is 31.5 Å². The lowest BCUT2D eigenvalue weighted by atomic mass is 10.1. The molecule has 142 valence electrons. The van der Waals surface area contributed by atoms with E-state index in [2.05, 4.69) is 27.5 Å². The molecule has 0 aliphatic heterocycles. The predicted molar refractivity (Wildman–Crippen MR) is 117 cm³/mol.